The predicted octanol–water partition coefficient (Wildman–Crippen LogP) is 4.52. The Morgan fingerprint density at radius 3 is 2.07 bits per heavy atom. The van der Waals surface area contributed by atoms with Crippen LogP contribution in [0.4, 0.5) is 0 Å². The van der Waals surface area contributed by atoms with Crippen molar-refractivity contribution in [3.05, 3.63) is 23.7 Å². The molecular formula is C13H22O. The summed E-state index contributed by atoms with van der Waals surface area (Å²) >= 11 is 0. The standard InChI is InChI=1S/C13H22O/c1-5-11(6-2)12(7-3)13-9-8-10(4)14-13/h8-9,11-12H,5-7H2,1-4H3/t12-/m1/s1. The molecular weight excluding hydrogens is 172 g/mol. The van der Waals surface area contributed by atoms with Crippen LogP contribution in [-0.4, -0.2) is 0 Å². The molecule has 1 rings (SSSR count). The van der Waals surface area contributed by atoms with Crippen LogP contribution in [0.5, 0.6) is 0 Å². The fourth-order valence-corrected chi connectivity index (χ4v) is 2.28. The van der Waals surface area contributed by atoms with Crippen LogP contribution in [0, 0.1) is 12.8 Å². The van der Waals surface area contributed by atoms with Gasteiger partial charge in [-0.05, 0) is 31.4 Å². The molecule has 0 amide bonds. The summed E-state index contributed by atoms with van der Waals surface area (Å²) in [5.74, 6) is 3.59. The SMILES string of the molecule is CCC(CC)[C@@H](CC)c1ccc(C)o1. The minimum absolute atomic E-state index is 0.610. The van der Waals surface area contributed by atoms with E-state index in [2.05, 4.69) is 32.9 Å². The molecule has 0 fully saturated rings. The molecule has 80 valence electrons. The predicted molar refractivity (Wildman–Crippen MR) is 60.5 cm³/mol. The van der Waals surface area contributed by atoms with Crippen molar-refractivity contribution in [2.24, 2.45) is 5.92 Å². The molecule has 1 atom stereocenters. The number of furan rings is 1. The summed E-state index contributed by atoms with van der Waals surface area (Å²) in [6, 6.07) is 4.21. The quantitative estimate of drug-likeness (QED) is 0.671. The first kappa shape index (κ1) is 11.4. The summed E-state index contributed by atoms with van der Waals surface area (Å²) < 4.78 is 5.72. The van der Waals surface area contributed by atoms with Crippen molar-refractivity contribution < 1.29 is 4.42 Å². The monoisotopic (exact) mass is 194 g/mol. The molecule has 1 heteroatoms. The summed E-state index contributed by atoms with van der Waals surface area (Å²) in [5.41, 5.74) is 0. The fourth-order valence-electron chi connectivity index (χ4n) is 2.28. The van der Waals surface area contributed by atoms with Crippen LogP contribution >= 0.6 is 0 Å². The third kappa shape index (κ3) is 2.40. The Morgan fingerprint density at radius 1 is 1.07 bits per heavy atom. The zero-order valence-electron chi connectivity index (χ0n) is 9.84. The van der Waals surface area contributed by atoms with E-state index in [9.17, 15) is 0 Å². The van der Waals surface area contributed by atoms with E-state index in [4.69, 9.17) is 4.42 Å². The Hall–Kier alpha value is -0.720. The third-order valence-corrected chi connectivity index (χ3v) is 3.18. The minimum Gasteiger partial charge on any atom is -0.466 e. The maximum absolute atomic E-state index is 5.72. The lowest BCUT2D eigenvalue weighted by Crippen LogP contribution is -2.09. The molecule has 0 aliphatic rings. The Kier molecular flexibility index (Phi) is 4.24. The molecule has 0 aromatic carbocycles. The largest absolute Gasteiger partial charge is 0.466 e. The van der Waals surface area contributed by atoms with Gasteiger partial charge in [0.25, 0.3) is 0 Å². The number of hydrogen-bond acceptors (Lipinski definition) is 1. The van der Waals surface area contributed by atoms with E-state index in [0.717, 1.165) is 11.7 Å². The first-order valence-corrected chi connectivity index (χ1v) is 5.79. The maximum Gasteiger partial charge on any atom is 0.107 e. The lowest BCUT2D eigenvalue weighted by atomic mass is 9.84. The lowest BCUT2D eigenvalue weighted by Gasteiger charge is -2.21. The van der Waals surface area contributed by atoms with Gasteiger partial charge >= 0.3 is 0 Å². The van der Waals surface area contributed by atoms with Crippen LogP contribution in [0.3, 0.4) is 0 Å². The Bertz CT molecular complexity index is 258. The van der Waals surface area contributed by atoms with Gasteiger partial charge in [0.05, 0.1) is 0 Å². The molecule has 0 bridgehead atoms. The molecule has 1 nitrogen and oxygen atoms in total. The summed E-state index contributed by atoms with van der Waals surface area (Å²) in [6.07, 6.45) is 3.67. The smallest absolute Gasteiger partial charge is 0.107 e. The third-order valence-electron chi connectivity index (χ3n) is 3.18. The highest BCUT2D eigenvalue weighted by molar-refractivity contribution is 5.11. The maximum atomic E-state index is 5.72. The highest BCUT2D eigenvalue weighted by atomic mass is 16.3. The second-order valence-electron chi connectivity index (χ2n) is 4.04. The van der Waals surface area contributed by atoms with E-state index in [1.807, 2.05) is 6.92 Å². The molecule has 0 N–H and O–H groups in total. The summed E-state index contributed by atoms with van der Waals surface area (Å²) in [4.78, 5) is 0. The average molecular weight is 194 g/mol. The van der Waals surface area contributed by atoms with Gasteiger partial charge < -0.3 is 4.42 Å². The second-order valence-corrected chi connectivity index (χ2v) is 4.04. The number of rotatable bonds is 5. The average Bonchev–Trinajstić information content (AvgIpc) is 2.60. The van der Waals surface area contributed by atoms with Gasteiger partial charge in [-0.25, -0.2) is 0 Å². The summed E-state index contributed by atoms with van der Waals surface area (Å²) in [5, 5.41) is 0. The Balaban J connectivity index is 2.80. The minimum atomic E-state index is 0.610. The molecule has 0 saturated carbocycles. The van der Waals surface area contributed by atoms with E-state index in [1.54, 1.807) is 0 Å². The van der Waals surface area contributed by atoms with Crippen molar-refractivity contribution in [2.75, 3.05) is 0 Å². The van der Waals surface area contributed by atoms with Gasteiger partial charge in [-0.2, -0.15) is 0 Å². The molecule has 14 heavy (non-hydrogen) atoms. The van der Waals surface area contributed by atoms with Crippen molar-refractivity contribution >= 4 is 0 Å². The van der Waals surface area contributed by atoms with E-state index >= 15 is 0 Å². The first-order chi connectivity index (χ1) is 6.72. The van der Waals surface area contributed by atoms with E-state index in [-0.39, 0.29) is 0 Å². The first-order valence-electron chi connectivity index (χ1n) is 5.79. The van der Waals surface area contributed by atoms with Crippen LogP contribution in [0.25, 0.3) is 0 Å². The van der Waals surface area contributed by atoms with Gasteiger partial charge in [0, 0.05) is 5.92 Å². The Morgan fingerprint density at radius 2 is 1.71 bits per heavy atom. The molecule has 0 aliphatic carbocycles. The lowest BCUT2D eigenvalue weighted by molar-refractivity contribution is 0.328. The van der Waals surface area contributed by atoms with E-state index in [1.165, 1.54) is 25.0 Å². The van der Waals surface area contributed by atoms with Crippen LogP contribution < -0.4 is 0 Å². The summed E-state index contributed by atoms with van der Waals surface area (Å²) in [7, 11) is 0. The number of aryl methyl sites for hydroxylation is 1. The molecule has 1 aromatic heterocycles. The van der Waals surface area contributed by atoms with Crippen LogP contribution in [0.2, 0.25) is 0 Å². The topological polar surface area (TPSA) is 13.1 Å². The van der Waals surface area contributed by atoms with E-state index in [0.29, 0.717) is 5.92 Å². The van der Waals surface area contributed by atoms with Gasteiger partial charge in [-0.3, -0.25) is 0 Å². The molecule has 1 heterocycles. The van der Waals surface area contributed by atoms with Crippen molar-refractivity contribution in [1.82, 2.24) is 0 Å². The summed E-state index contributed by atoms with van der Waals surface area (Å²) in [6.45, 7) is 8.81. The normalized spacial score (nSPS) is 13.5. The molecule has 0 aliphatic heterocycles. The van der Waals surface area contributed by atoms with Gasteiger partial charge in [0.1, 0.15) is 11.5 Å². The highest BCUT2D eigenvalue weighted by Crippen LogP contribution is 2.33. The zero-order valence-corrected chi connectivity index (χ0v) is 9.84. The molecule has 0 spiro atoms. The van der Waals surface area contributed by atoms with Gasteiger partial charge in [0.15, 0.2) is 0 Å². The van der Waals surface area contributed by atoms with Crippen molar-refractivity contribution in [3.63, 3.8) is 0 Å². The number of hydrogen-bond donors (Lipinski definition) is 0. The van der Waals surface area contributed by atoms with Gasteiger partial charge in [-0.1, -0.05) is 33.6 Å². The van der Waals surface area contributed by atoms with Crippen molar-refractivity contribution in [2.45, 2.75) is 52.9 Å². The van der Waals surface area contributed by atoms with Crippen LogP contribution in [0.1, 0.15) is 57.5 Å². The highest BCUT2D eigenvalue weighted by Gasteiger charge is 2.21. The molecule has 1 aromatic rings. The van der Waals surface area contributed by atoms with Crippen LogP contribution in [-0.2, 0) is 0 Å². The molecule has 0 unspecified atom stereocenters. The molecule has 0 saturated heterocycles. The molecule has 0 radical (unpaired) electrons. The van der Waals surface area contributed by atoms with Gasteiger partial charge in [-0.15, -0.1) is 0 Å². The van der Waals surface area contributed by atoms with Gasteiger partial charge in [0.2, 0.25) is 0 Å². The van der Waals surface area contributed by atoms with Crippen molar-refractivity contribution in [3.8, 4) is 0 Å². The van der Waals surface area contributed by atoms with Crippen LogP contribution in [0.15, 0.2) is 16.5 Å². The Labute approximate surface area is 87.5 Å². The van der Waals surface area contributed by atoms with Crippen molar-refractivity contribution in [1.29, 1.82) is 0 Å². The zero-order chi connectivity index (χ0) is 10.6. The fraction of sp³-hybridized carbons (Fsp3) is 0.692. The second kappa shape index (κ2) is 5.23. The van der Waals surface area contributed by atoms with E-state index < -0.39 is 0 Å².